The van der Waals surface area contributed by atoms with Crippen molar-refractivity contribution in [2.75, 3.05) is 17.3 Å². The maximum Gasteiger partial charge on any atom is 0.252 e. The molecule has 1 aromatic carbocycles. The molecule has 3 atom stereocenters. The van der Waals surface area contributed by atoms with Gasteiger partial charge in [0.1, 0.15) is 11.6 Å². The van der Waals surface area contributed by atoms with Crippen LogP contribution in [0.25, 0.3) is 0 Å². The zero-order valence-corrected chi connectivity index (χ0v) is 16.8. The van der Waals surface area contributed by atoms with Crippen LogP contribution in [0.15, 0.2) is 36.5 Å². The quantitative estimate of drug-likeness (QED) is 0.829. The fourth-order valence-electron chi connectivity index (χ4n) is 4.45. The lowest BCUT2D eigenvalue weighted by Crippen LogP contribution is -2.51. The Morgan fingerprint density at radius 2 is 1.97 bits per heavy atom. The van der Waals surface area contributed by atoms with Gasteiger partial charge >= 0.3 is 0 Å². The highest BCUT2D eigenvalue weighted by atomic mass is 19.1. The molecule has 1 aliphatic heterocycles. The third-order valence-corrected chi connectivity index (χ3v) is 5.95. The SMILES string of the molecule is CNC(=O)c1ccc(N[C@H]2c3cc(F)ccc3N(C(C)=O)[C@@H](C3CC3)[C@@H]2C)nc1. The number of halogens is 1. The van der Waals surface area contributed by atoms with Gasteiger partial charge in [-0.05, 0) is 49.1 Å². The van der Waals surface area contributed by atoms with Crippen LogP contribution < -0.4 is 15.5 Å². The number of aromatic nitrogens is 1. The number of pyridine rings is 1. The summed E-state index contributed by atoms with van der Waals surface area (Å²) in [6.45, 7) is 3.67. The highest BCUT2D eigenvalue weighted by Crippen LogP contribution is 2.50. The number of anilines is 2. The Hall–Kier alpha value is -2.96. The molecule has 1 fully saturated rings. The Bertz CT molecular complexity index is 942. The first kappa shape index (κ1) is 19.4. The van der Waals surface area contributed by atoms with E-state index in [1.807, 2.05) is 4.90 Å². The number of hydrogen-bond donors (Lipinski definition) is 2. The highest BCUT2D eigenvalue weighted by molar-refractivity contribution is 5.94. The van der Waals surface area contributed by atoms with Crippen LogP contribution in [0, 0.1) is 17.7 Å². The summed E-state index contributed by atoms with van der Waals surface area (Å²) in [5, 5.41) is 5.99. The van der Waals surface area contributed by atoms with Crippen LogP contribution in [0.2, 0.25) is 0 Å². The summed E-state index contributed by atoms with van der Waals surface area (Å²) in [7, 11) is 1.57. The zero-order chi connectivity index (χ0) is 20.7. The number of rotatable bonds is 4. The van der Waals surface area contributed by atoms with E-state index in [-0.39, 0.29) is 35.6 Å². The maximum absolute atomic E-state index is 14.1. The van der Waals surface area contributed by atoms with Crippen molar-refractivity contribution in [2.45, 2.75) is 38.8 Å². The Kier molecular flexibility index (Phi) is 4.98. The first-order chi connectivity index (χ1) is 13.9. The van der Waals surface area contributed by atoms with E-state index in [1.54, 1.807) is 32.2 Å². The Labute approximate surface area is 169 Å². The largest absolute Gasteiger partial charge is 0.363 e. The molecule has 4 rings (SSSR count). The molecule has 29 heavy (non-hydrogen) atoms. The maximum atomic E-state index is 14.1. The summed E-state index contributed by atoms with van der Waals surface area (Å²) in [4.78, 5) is 30.4. The minimum absolute atomic E-state index is 0.0203. The van der Waals surface area contributed by atoms with Crippen LogP contribution in [0.3, 0.4) is 0 Å². The standard InChI is InChI=1S/C22H25FN4O2/c1-12-20(26-19-9-6-15(11-25-19)22(29)24-3)17-10-16(23)7-8-18(17)27(13(2)28)21(12)14-4-5-14/h6-12,14,20-21H,4-5H2,1-3H3,(H,24,29)(H,25,26)/t12-,20-,21-/m1/s1. The summed E-state index contributed by atoms with van der Waals surface area (Å²) in [5.41, 5.74) is 1.98. The molecule has 2 N–H and O–H groups in total. The predicted molar refractivity (Wildman–Crippen MR) is 109 cm³/mol. The van der Waals surface area contributed by atoms with Crippen molar-refractivity contribution >= 4 is 23.3 Å². The average molecular weight is 396 g/mol. The molecular weight excluding hydrogens is 371 g/mol. The first-order valence-electron chi connectivity index (χ1n) is 9.94. The molecule has 6 nitrogen and oxygen atoms in total. The van der Waals surface area contributed by atoms with E-state index in [1.165, 1.54) is 18.3 Å². The van der Waals surface area contributed by atoms with Crippen LogP contribution in [-0.4, -0.2) is 29.9 Å². The van der Waals surface area contributed by atoms with Gasteiger partial charge in [-0.1, -0.05) is 6.92 Å². The van der Waals surface area contributed by atoms with Crippen LogP contribution in [-0.2, 0) is 4.79 Å². The van der Waals surface area contributed by atoms with Crippen LogP contribution in [0.1, 0.15) is 48.7 Å². The van der Waals surface area contributed by atoms with Gasteiger partial charge in [-0.3, -0.25) is 9.59 Å². The second-order valence-corrected chi connectivity index (χ2v) is 7.91. The summed E-state index contributed by atoms with van der Waals surface area (Å²) in [6.07, 6.45) is 3.71. The molecule has 1 aliphatic carbocycles. The topological polar surface area (TPSA) is 74.3 Å². The number of benzene rings is 1. The van der Waals surface area contributed by atoms with Crippen molar-refractivity contribution in [2.24, 2.45) is 11.8 Å². The monoisotopic (exact) mass is 396 g/mol. The van der Waals surface area contributed by atoms with Crippen molar-refractivity contribution in [1.29, 1.82) is 0 Å². The van der Waals surface area contributed by atoms with Gasteiger partial charge in [0, 0.05) is 43.4 Å². The van der Waals surface area contributed by atoms with E-state index in [9.17, 15) is 14.0 Å². The van der Waals surface area contributed by atoms with Crippen molar-refractivity contribution in [3.05, 3.63) is 53.5 Å². The molecule has 152 valence electrons. The number of fused-ring (bicyclic) bond motifs is 1. The molecule has 2 aliphatic rings. The lowest BCUT2D eigenvalue weighted by Gasteiger charge is -2.45. The second-order valence-electron chi connectivity index (χ2n) is 7.91. The normalized spacial score (nSPS) is 23.3. The molecule has 2 heterocycles. The summed E-state index contributed by atoms with van der Waals surface area (Å²) in [5.74, 6) is 0.581. The molecule has 0 radical (unpaired) electrons. The number of amides is 2. The van der Waals surface area contributed by atoms with E-state index in [0.717, 1.165) is 24.1 Å². The van der Waals surface area contributed by atoms with Crippen LogP contribution in [0.4, 0.5) is 15.9 Å². The average Bonchev–Trinajstić information content (AvgIpc) is 3.54. The van der Waals surface area contributed by atoms with E-state index in [2.05, 4.69) is 22.5 Å². The summed E-state index contributed by atoms with van der Waals surface area (Å²) < 4.78 is 14.1. The van der Waals surface area contributed by atoms with E-state index >= 15 is 0 Å². The van der Waals surface area contributed by atoms with Gasteiger partial charge in [0.05, 0.1) is 11.6 Å². The molecule has 2 aromatic rings. The van der Waals surface area contributed by atoms with Crippen molar-refractivity contribution in [3.63, 3.8) is 0 Å². The molecule has 1 aromatic heterocycles. The van der Waals surface area contributed by atoms with Gasteiger partial charge in [-0.2, -0.15) is 0 Å². The van der Waals surface area contributed by atoms with Crippen LogP contribution >= 0.6 is 0 Å². The zero-order valence-electron chi connectivity index (χ0n) is 16.8. The molecular formula is C22H25FN4O2. The number of carbonyl (C=O) groups is 2. The van der Waals surface area contributed by atoms with Gasteiger partial charge in [0.15, 0.2) is 0 Å². The third kappa shape index (κ3) is 3.57. The molecule has 0 unspecified atom stereocenters. The van der Waals surface area contributed by atoms with Gasteiger partial charge in [-0.25, -0.2) is 9.37 Å². The lowest BCUT2D eigenvalue weighted by atomic mass is 9.80. The molecule has 1 saturated carbocycles. The van der Waals surface area contributed by atoms with Gasteiger partial charge in [-0.15, -0.1) is 0 Å². The van der Waals surface area contributed by atoms with Gasteiger partial charge in [0.25, 0.3) is 5.91 Å². The predicted octanol–water partition coefficient (Wildman–Crippen LogP) is 3.51. The lowest BCUT2D eigenvalue weighted by molar-refractivity contribution is -0.117. The van der Waals surface area contributed by atoms with E-state index < -0.39 is 0 Å². The smallest absolute Gasteiger partial charge is 0.252 e. The van der Waals surface area contributed by atoms with E-state index in [0.29, 0.717) is 17.3 Å². The molecule has 0 saturated heterocycles. The Balaban J connectivity index is 1.71. The van der Waals surface area contributed by atoms with Crippen molar-refractivity contribution in [3.8, 4) is 0 Å². The van der Waals surface area contributed by atoms with Gasteiger partial charge in [0.2, 0.25) is 5.91 Å². The van der Waals surface area contributed by atoms with Crippen molar-refractivity contribution < 1.29 is 14.0 Å². The van der Waals surface area contributed by atoms with Crippen LogP contribution in [0.5, 0.6) is 0 Å². The second kappa shape index (κ2) is 7.46. The third-order valence-electron chi connectivity index (χ3n) is 5.95. The van der Waals surface area contributed by atoms with E-state index in [4.69, 9.17) is 0 Å². The number of hydrogen-bond acceptors (Lipinski definition) is 4. The summed E-state index contributed by atoms with van der Waals surface area (Å²) >= 11 is 0. The molecule has 2 amide bonds. The number of nitrogens with zero attached hydrogens (tertiary/aromatic N) is 2. The number of nitrogens with one attached hydrogen (secondary N) is 2. The fraction of sp³-hybridized carbons (Fsp3) is 0.409. The minimum Gasteiger partial charge on any atom is -0.363 e. The van der Waals surface area contributed by atoms with Crippen molar-refractivity contribution in [1.82, 2.24) is 10.3 Å². The Morgan fingerprint density at radius 1 is 1.21 bits per heavy atom. The van der Waals surface area contributed by atoms with Gasteiger partial charge < -0.3 is 15.5 Å². The summed E-state index contributed by atoms with van der Waals surface area (Å²) in [6, 6.07) is 7.93. The molecule has 0 spiro atoms. The number of carbonyl (C=O) groups excluding carboxylic acids is 2. The molecule has 7 heteroatoms. The fourth-order valence-corrected chi connectivity index (χ4v) is 4.45. The molecule has 0 bridgehead atoms. The minimum atomic E-state index is -0.334. The highest BCUT2D eigenvalue weighted by Gasteiger charge is 2.47. The Morgan fingerprint density at radius 3 is 2.55 bits per heavy atom. The first-order valence-corrected chi connectivity index (χ1v) is 9.94.